The highest BCUT2D eigenvalue weighted by molar-refractivity contribution is 5.61. The van der Waals surface area contributed by atoms with E-state index >= 15 is 0 Å². The van der Waals surface area contributed by atoms with Crippen LogP contribution in [-0.4, -0.2) is 11.5 Å². The Morgan fingerprint density at radius 2 is 1.89 bits per heavy atom. The number of pyridine rings is 1. The first-order valence-electron chi connectivity index (χ1n) is 6.50. The SMILES string of the molecule is Cc1cnc(NCC(C)(C)c2ccccc2)c(N)c1. The number of hydrogen-bond acceptors (Lipinski definition) is 3. The fraction of sp³-hybridized carbons (Fsp3) is 0.312. The second-order valence-electron chi connectivity index (χ2n) is 5.55. The molecule has 0 aliphatic rings. The summed E-state index contributed by atoms with van der Waals surface area (Å²) < 4.78 is 0. The van der Waals surface area contributed by atoms with E-state index in [1.165, 1.54) is 5.56 Å². The molecule has 1 aromatic heterocycles. The minimum atomic E-state index is 0.0280. The Morgan fingerprint density at radius 3 is 2.53 bits per heavy atom. The number of benzene rings is 1. The predicted molar refractivity (Wildman–Crippen MR) is 81.3 cm³/mol. The van der Waals surface area contributed by atoms with Crippen molar-refractivity contribution in [2.45, 2.75) is 26.2 Å². The summed E-state index contributed by atoms with van der Waals surface area (Å²) in [7, 11) is 0. The Kier molecular flexibility index (Phi) is 3.74. The number of nitrogens with two attached hydrogens (primary N) is 1. The Morgan fingerprint density at radius 1 is 1.21 bits per heavy atom. The second-order valence-corrected chi connectivity index (χ2v) is 5.55. The molecule has 0 aliphatic heterocycles. The fourth-order valence-electron chi connectivity index (χ4n) is 2.04. The average molecular weight is 255 g/mol. The number of aromatic nitrogens is 1. The predicted octanol–water partition coefficient (Wildman–Crippen LogP) is 3.36. The van der Waals surface area contributed by atoms with Crippen LogP contribution < -0.4 is 11.1 Å². The third-order valence-corrected chi connectivity index (χ3v) is 3.31. The van der Waals surface area contributed by atoms with E-state index in [4.69, 9.17) is 5.73 Å². The highest BCUT2D eigenvalue weighted by atomic mass is 15.0. The number of anilines is 2. The molecule has 0 saturated carbocycles. The van der Waals surface area contributed by atoms with Gasteiger partial charge in [-0.05, 0) is 24.1 Å². The summed E-state index contributed by atoms with van der Waals surface area (Å²) in [5.41, 5.74) is 9.06. The third-order valence-electron chi connectivity index (χ3n) is 3.31. The van der Waals surface area contributed by atoms with Crippen molar-refractivity contribution in [2.75, 3.05) is 17.6 Å². The molecule has 0 saturated heterocycles. The topological polar surface area (TPSA) is 50.9 Å². The lowest BCUT2D eigenvalue weighted by molar-refractivity contribution is 0.556. The van der Waals surface area contributed by atoms with Gasteiger partial charge in [0.25, 0.3) is 0 Å². The molecular formula is C16H21N3. The number of nitrogens with zero attached hydrogens (tertiary/aromatic N) is 1. The highest BCUT2D eigenvalue weighted by Crippen LogP contribution is 2.24. The molecule has 3 N–H and O–H groups in total. The molecule has 100 valence electrons. The van der Waals surface area contributed by atoms with E-state index in [9.17, 15) is 0 Å². The van der Waals surface area contributed by atoms with Crippen molar-refractivity contribution in [1.29, 1.82) is 0 Å². The van der Waals surface area contributed by atoms with Crippen LogP contribution in [-0.2, 0) is 5.41 Å². The first-order chi connectivity index (χ1) is 8.99. The molecule has 0 atom stereocenters. The monoisotopic (exact) mass is 255 g/mol. The van der Waals surface area contributed by atoms with Gasteiger partial charge in [-0.2, -0.15) is 0 Å². The van der Waals surface area contributed by atoms with Crippen molar-refractivity contribution in [3.63, 3.8) is 0 Å². The molecule has 0 bridgehead atoms. The summed E-state index contributed by atoms with van der Waals surface area (Å²) in [5, 5.41) is 3.34. The zero-order chi connectivity index (χ0) is 13.9. The fourth-order valence-corrected chi connectivity index (χ4v) is 2.04. The van der Waals surface area contributed by atoms with E-state index in [0.29, 0.717) is 5.69 Å². The molecule has 0 fully saturated rings. The number of rotatable bonds is 4. The molecule has 19 heavy (non-hydrogen) atoms. The molecule has 0 spiro atoms. The van der Waals surface area contributed by atoms with Gasteiger partial charge in [-0.1, -0.05) is 44.2 Å². The standard InChI is InChI=1S/C16H21N3/c1-12-9-14(17)15(18-10-12)19-11-16(2,3)13-7-5-4-6-8-13/h4-10H,11,17H2,1-3H3,(H,18,19). The van der Waals surface area contributed by atoms with Gasteiger partial charge in [0.05, 0.1) is 5.69 Å². The maximum atomic E-state index is 5.96. The molecule has 0 radical (unpaired) electrons. The van der Waals surface area contributed by atoms with Gasteiger partial charge in [-0.25, -0.2) is 4.98 Å². The van der Waals surface area contributed by atoms with Crippen LogP contribution in [0.25, 0.3) is 0 Å². The van der Waals surface area contributed by atoms with Crippen LogP contribution in [0.5, 0.6) is 0 Å². The maximum Gasteiger partial charge on any atom is 0.149 e. The summed E-state index contributed by atoms with van der Waals surface area (Å²) in [6.45, 7) is 7.19. The lowest BCUT2D eigenvalue weighted by Gasteiger charge is -2.26. The Hall–Kier alpha value is -2.03. The first kappa shape index (κ1) is 13.4. The van der Waals surface area contributed by atoms with Gasteiger partial charge in [-0.15, -0.1) is 0 Å². The highest BCUT2D eigenvalue weighted by Gasteiger charge is 2.20. The zero-order valence-electron chi connectivity index (χ0n) is 11.8. The summed E-state index contributed by atoms with van der Waals surface area (Å²) >= 11 is 0. The molecule has 3 nitrogen and oxygen atoms in total. The van der Waals surface area contributed by atoms with Crippen molar-refractivity contribution in [2.24, 2.45) is 0 Å². The summed E-state index contributed by atoms with van der Waals surface area (Å²) in [6.07, 6.45) is 1.83. The van der Waals surface area contributed by atoms with Crippen molar-refractivity contribution in [3.05, 3.63) is 53.7 Å². The van der Waals surface area contributed by atoms with Gasteiger partial charge in [-0.3, -0.25) is 0 Å². The molecule has 3 heteroatoms. The van der Waals surface area contributed by atoms with Gasteiger partial charge in [0, 0.05) is 18.2 Å². The molecule has 1 heterocycles. The van der Waals surface area contributed by atoms with Crippen LogP contribution in [0.15, 0.2) is 42.6 Å². The van der Waals surface area contributed by atoms with E-state index < -0.39 is 0 Å². The smallest absolute Gasteiger partial charge is 0.149 e. The van der Waals surface area contributed by atoms with Gasteiger partial charge in [0.1, 0.15) is 5.82 Å². The van der Waals surface area contributed by atoms with Gasteiger partial charge in [0.2, 0.25) is 0 Å². The molecule has 2 aromatic rings. The Bertz CT molecular complexity index is 547. The third kappa shape index (κ3) is 3.25. The Balaban J connectivity index is 2.09. The zero-order valence-corrected chi connectivity index (χ0v) is 11.8. The van der Waals surface area contributed by atoms with Crippen molar-refractivity contribution >= 4 is 11.5 Å². The summed E-state index contributed by atoms with van der Waals surface area (Å²) in [6, 6.07) is 12.4. The lowest BCUT2D eigenvalue weighted by atomic mass is 9.84. The normalized spacial score (nSPS) is 11.3. The molecular weight excluding hydrogens is 234 g/mol. The lowest BCUT2D eigenvalue weighted by Crippen LogP contribution is -2.28. The minimum Gasteiger partial charge on any atom is -0.396 e. The molecule has 0 aliphatic carbocycles. The first-order valence-corrected chi connectivity index (χ1v) is 6.50. The quantitative estimate of drug-likeness (QED) is 0.880. The molecule has 1 aromatic carbocycles. The largest absolute Gasteiger partial charge is 0.396 e. The van der Waals surface area contributed by atoms with E-state index in [1.54, 1.807) is 0 Å². The van der Waals surface area contributed by atoms with Crippen LogP contribution >= 0.6 is 0 Å². The van der Waals surface area contributed by atoms with E-state index in [1.807, 2.05) is 25.3 Å². The van der Waals surface area contributed by atoms with Crippen LogP contribution in [0, 0.1) is 6.92 Å². The number of hydrogen-bond donors (Lipinski definition) is 2. The number of nitrogens with one attached hydrogen (secondary N) is 1. The van der Waals surface area contributed by atoms with Crippen LogP contribution in [0.1, 0.15) is 25.0 Å². The van der Waals surface area contributed by atoms with Crippen LogP contribution in [0.4, 0.5) is 11.5 Å². The average Bonchev–Trinajstić information content (AvgIpc) is 2.39. The molecule has 0 amide bonds. The molecule has 2 rings (SSSR count). The number of nitrogen functional groups attached to an aromatic ring is 1. The second kappa shape index (κ2) is 5.31. The Labute approximate surface area is 114 Å². The van der Waals surface area contributed by atoms with Crippen molar-refractivity contribution < 1.29 is 0 Å². The van der Waals surface area contributed by atoms with Crippen LogP contribution in [0.3, 0.4) is 0 Å². The maximum absolute atomic E-state index is 5.96. The van der Waals surface area contributed by atoms with Gasteiger partial charge >= 0.3 is 0 Å². The van der Waals surface area contributed by atoms with E-state index in [2.05, 4.69) is 48.4 Å². The van der Waals surface area contributed by atoms with Gasteiger partial charge < -0.3 is 11.1 Å². The van der Waals surface area contributed by atoms with Crippen LogP contribution in [0.2, 0.25) is 0 Å². The molecule has 0 unspecified atom stereocenters. The summed E-state index contributed by atoms with van der Waals surface area (Å²) in [4.78, 5) is 4.34. The van der Waals surface area contributed by atoms with Crippen molar-refractivity contribution in [3.8, 4) is 0 Å². The minimum absolute atomic E-state index is 0.0280. The van der Waals surface area contributed by atoms with Gasteiger partial charge in [0.15, 0.2) is 0 Å². The van der Waals surface area contributed by atoms with E-state index in [-0.39, 0.29) is 5.41 Å². The number of aryl methyl sites for hydroxylation is 1. The van der Waals surface area contributed by atoms with E-state index in [0.717, 1.165) is 17.9 Å². The van der Waals surface area contributed by atoms with Crippen molar-refractivity contribution in [1.82, 2.24) is 4.98 Å². The summed E-state index contributed by atoms with van der Waals surface area (Å²) in [5.74, 6) is 0.759.